The molecule has 0 aliphatic carbocycles. The van der Waals surface area contributed by atoms with Crippen molar-refractivity contribution in [2.75, 3.05) is 4.90 Å². The van der Waals surface area contributed by atoms with Gasteiger partial charge in [0.05, 0.1) is 16.9 Å². The highest BCUT2D eigenvalue weighted by Gasteiger charge is 2.21. The first-order valence-electron chi connectivity index (χ1n) is 9.91. The summed E-state index contributed by atoms with van der Waals surface area (Å²) in [6.45, 7) is 5.54. The molecule has 4 aromatic rings. The SMILES string of the molecule is C=CCn1c(SCc2csc(N(C(C)=O)c3ccccc3F)n2)nnc1-c1ccccc1F. The van der Waals surface area contributed by atoms with Crippen LogP contribution in [0.25, 0.3) is 11.4 Å². The Labute approximate surface area is 197 Å². The van der Waals surface area contributed by atoms with Crippen molar-refractivity contribution in [1.29, 1.82) is 0 Å². The van der Waals surface area contributed by atoms with E-state index in [2.05, 4.69) is 21.8 Å². The molecule has 1 amide bonds. The van der Waals surface area contributed by atoms with Crippen LogP contribution < -0.4 is 4.90 Å². The van der Waals surface area contributed by atoms with Gasteiger partial charge in [0.1, 0.15) is 11.6 Å². The van der Waals surface area contributed by atoms with Gasteiger partial charge in [-0.25, -0.2) is 13.8 Å². The Kier molecular flexibility index (Phi) is 6.95. The Hall–Kier alpha value is -3.37. The first-order chi connectivity index (χ1) is 16.0. The summed E-state index contributed by atoms with van der Waals surface area (Å²) in [5, 5.41) is 11.2. The Morgan fingerprint density at radius 1 is 1.15 bits per heavy atom. The highest BCUT2D eigenvalue weighted by Crippen LogP contribution is 2.33. The van der Waals surface area contributed by atoms with Gasteiger partial charge >= 0.3 is 0 Å². The van der Waals surface area contributed by atoms with Gasteiger partial charge in [-0.3, -0.25) is 14.3 Å². The van der Waals surface area contributed by atoms with Crippen molar-refractivity contribution in [1.82, 2.24) is 19.7 Å². The summed E-state index contributed by atoms with van der Waals surface area (Å²) < 4.78 is 30.3. The molecule has 0 bridgehead atoms. The van der Waals surface area contributed by atoms with Crippen molar-refractivity contribution in [3.05, 3.63) is 83.9 Å². The van der Waals surface area contributed by atoms with Crippen LogP contribution in [0.4, 0.5) is 19.6 Å². The van der Waals surface area contributed by atoms with Crippen LogP contribution in [-0.2, 0) is 17.1 Å². The summed E-state index contributed by atoms with van der Waals surface area (Å²) in [7, 11) is 0. The van der Waals surface area contributed by atoms with Gasteiger partial charge in [0.15, 0.2) is 16.1 Å². The maximum atomic E-state index is 14.3. The smallest absolute Gasteiger partial charge is 0.230 e. The molecule has 0 radical (unpaired) electrons. The number of anilines is 2. The summed E-state index contributed by atoms with van der Waals surface area (Å²) in [6, 6.07) is 12.5. The zero-order chi connectivity index (χ0) is 23.4. The molecule has 2 heterocycles. The topological polar surface area (TPSA) is 63.9 Å². The van der Waals surface area contributed by atoms with E-state index in [0.29, 0.717) is 39.7 Å². The number of allylic oxidation sites excluding steroid dienone is 1. The van der Waals surface area contributed by atoms with Gasteiger partial charge in [0.2, 0.25) is 5.91 Å². The van der Waals surface area contributed by atoms with Gasteiger partial charge in [-0.15, -0.1) is 28.1 Å². The highest BCUT2D eigenvalue weighted by atomic mass is 32.2. The van der Waals surface area contributed by atoms with Crippen molar-refractivity contribution >= 4 is 39.8 Å². The lowest BCUT2D eigenvalue weighted by molar-refractivity contribution is -0.115. The quantitative estimate of drug-likeness (QED) is 0.233. The molecular formula is C23H19F2N5OS2. The van der Waals surface area contributed by atoms with E-state index in [1.54, 1.807) is 41.0 Å². The fourth-order valence-corrected chi connectivity index (χ4v) is 5.00. The van der Waals surface area contributed by atoms with Crippen molar-refractivity contribution in [2.24, 2.45) is 0 Å². The fraction of sp³-hybridized carbons (Fsp3) is 0.130. The average Bonchev–Trinajstić information content (AvgIpc) is 3.41. The van der Waals surface area contributed by atoms with E-state index in [9.17, 15) is 13.6 Å². The summed E-state index contributed by atoms with van der Waals surface area (Å²) >= 11 is 2.63. The summed E-state index contributed by atoms with van der Waals surface area (Å²) in [4.78, 5) is 18.0. The van der Waals surface area contributed by atoms with Gasteiger partial charge in [0.25, 0.3) is 0 Å². The third-order valence-electron chi connectivity index (χ3n) is 4.63. The molecule has 0 saturated carbocycles. The van der Waals surface area contributed by atoms with E-state index >= 15 is 0 Å². The zero-order valence-corrected chi connectivity index (χ0v) is 19.2. The number of thiazole rings is 1. The van der Waals surface area contributed by atoms with Crippen LogP contribution in [0.5, 0.6) is 0 Å². The normalized spacial score (nSPS) is 10.9. The van der Waals surface area contributed by atoms with Gasteiger partial charge in [-0.2, -0.15) is 0 Å². The maximum Gasteiger partial charge on any atom is 0.230 e. The molecule has 168 valence electrons. The molecule has 2 aromatic heterocycles. The van der Waals surface area contributed by atoms with Gasteiger partial charge < -0.3 is 0 Å². The van der Waals surface area contributed by atoms with E-state index in [0.717, 1.165) is 0 Å². The number of hydrogen-bond acceptors (Lipinski definition) is 6. The lowest BCUT2D eigenvalue weighted by atomic mass is 10.2. The lowest BCUT2D eigenvalue weighted by Crippen LogP contribution is -2.23. The molecule has 6 nitrogen and oxygen atoms in total. The minimum atomic E-state index is -0.503. The molecule has 33 heavy (non-hydrogen) atoms. The lowest BCUT2D eigenvalue weighted by Gasteiger charge is -2.18. The van der Waals surface area contributed by atoms with Crippen molar-refractivity contribution in [3.63, 3.8) is 0 Å². The number of para-hydroxylation sites is 1. The summed E-state index contributed by atoms with van der Waals surface area (Å²) in [6.07, 6.45) is 1.69. The van der Waals surface area contributed by atoms with Gasteiger partial charge in [-0.1, -0.05) is 42.1 Å². The van der Waals surface area contributed by atoms with Crippen LogP contribution >= 0.6 is 23.1 Å². The Balaban J connectivity index is 1.56. The second kappa shape index (κ2) is 10.1. The van der Waals surface area contributed by atoms with Crippen LogP contribution in [0.3, 0.4) is 0 Å². The number of halogens is 2. The van der Waals surface area contributed by atoms with Crippen molar-refractivity contribution in [3.8, 4) is 11.4 Å². The number of amides is 1. The van der Waals surface area contributed by atoms with Gasteiger partial charge in [-0.05, 0) is 24.3 Å². The standard InChI is InChI=1S/C23H19F2N5OS2/c1-3-12-29-21(17-8-4-5-9-18(17)24)27-28-23(29)33-14-16-13-32-22(26-16)30(15(2)31)20-11-7-6-10-19(20)25/h3-11,13H,1,12,14H2,2H3. The zero-order valence-electron chi connectivity index (χ0n) is 17.6. The largest absolute Gasteiger partial charge is 0.298 e. The number of carbonyl (C=O) groups is 1. The maximum absolute atomic E-state index is 14.3. The van der Waals surface area contributed by atoms with Crippen LogP contribution in [0.2, 0.25) is 0 Å². The van der Waals surface area contributed by atoms with Crippen molar-refractivity contribution in [2.45, 2.75) is 24.4 Å². The van der Waals surface area contributed by atoms with Crippen molar-refractivity contribution < 1.29 is 13.6 Å². The molecule has 0 unspecified atom stereocenters. The first-order valence-corrected chi connectivity index (χ1v) is 11.8. The van der Waals surface area contributed by atoms with Crippen LogP contribution in [0.15, 0.2) is 71.7 Å². The number of carbonyl (C=O) groups excluding carboxylic acids is 1. The molecule has 0 aliphatic heterocycles. The summed E-state index contributed by atoms with van der Waals surface area (Å²) in [5.41, 5.74) is 1.21. The molecule has 0 atom stereocenters. The molecule has 0 spiro atoms. The molecule has 0 N–H and O–H groups in total. The number of benzene rings is 2. The second-order valence-corrected chi connectivity index (χ2v) is 8.68. The molecule has 10 heteroatoms. The Morgan fingerprint density at radius 3 is 2.58 bits per heavy atom. The predicted octanol–water partition coefficient (Wildman–Crippen LogP) is 5.84. The predicted molar refractivity (Wildman–Crippen MR) is 127 cm³/mol. The third-order valence-corrected chi connectivity index (χ3v) is 6.51. The van der Waals surface area contributed by atoms with Crippen LogP contribution in [0.1, 0.15) is 12.6 Å². The number of hydrogen-bond donors (Lipinski definition) is 0. The minimum Gasteiger partial charge on any atom is -0.298 e. The number of nitrogens with zero attached hydrogens (tertiary/aromatic N) is 5. The Bertz CT molecular complexity index is 1300. The number of thioether (sulfide) groups is 1. The van der Waals surface area contributed by atoms with Crippen LogP contribution in [0, 0.1) is 11.6 Å². The Morgan fingerprint density at radius 2 is 1.88 bits per heavy atom. The van der Waals surface area contributed by atoms with Crippen LogP contribution in [-0.4, -0.2) is 25.7 Å². The van der Waals surface area contributed by atoms with E-state index in [4.69, 9.17) is 0 Å². The monoisotopic (exact) mass is 483 g/mol. The molecule has 0 aliphatic rings. The molecule has 2 aromatic carbocycles. The molecule has 4 rings (SSSR count). The average molecular weight is 484 g/mol. The number of aromatic nitrogens is 4. The first kappa shape index (κ1) is 22.8. The highest BCUT2D eigenvalue weighted by molar-refractivity contribution is 7.98. The molecular weight excluding hydrogens is 464 g/mol. The minimum absolute atomic E-state index is 0.152. The van der Waals surface area contributed by atoms with E-state index < -0.39 is 5.82 Å². The number of rotatable bonds is 8. The summed E-state index contributed by atoms with van der Waals surface area (Å²) in [5.74, 6) is -0.373. The third kappa shape index (κ3) is 4.86. The molecule has 0 fully saturated rings. The van der Waals surface area contributed by atoms with E-state index in [1.165, 1.54) is 53.1 Å². The van der Waals surface area contributed by atoms with E-state index in [1.807, 2.05) is 5.38 Å². The van der Waals surface area contributed by atoms with Gasteiger partial charge in [0, 0.05) is 24.6 Å². The molecule has 0 saturated heterocycles. The van der Waals surface area contributed by atoms with E-state index in [-0.39, 0.29) is 17.4 Å². The fourth-order valence-electron chi connectivity index (χ4n) is 3.18. The second-order valence-electron chi connectivity index (χ2n) is 6.90.